The molecule has 45 heavy (non-hydrogen) atoms. The SMILES string of the molecule is CC(C)C[C@H](NC(=O)[C@@H](CC(C)C)NC(=O)OCc1ccccc1)C(=O)N[C@H](C(=O)OCC[Si](C)(C)C)[C@H](O)c1ccccc1. The molecule has 0 aliphatic heterocycles. The zero-order chi connectivity index (χ0) is 33.6. The van der Waals surface area contributed by atoms with Crippen LogP contribution >= 0.6 is 0 Å². The van der Waals surface area contributed by atoms with Crippen molar-refractivity contribution in [2.75, 3.05) is 6.61 Å². The number of nitrogens with one attached hydrogen (secondary N) is 3. The average molecular weight is 642 g/mol. The first kappa shape index (κ1) is 37.5. The van der Waals surface area contributed by atoms with E-state index in [2.05, 4.69) is 35.6 Å². The predicted molar refractivity (Wildman–Crippen MR) is 177 cm³/mol. The normalized spacial score (nSPS) is 14.2. The van der Waals surface area contributed by atoms with Crippen molar-refractivity contribution in [1.29, 1.82) is 0 Å². The fourth-order valence-corrected chi connectivity index (χ4v) is 5.21. The van der Waals surface area contributed by atoms with E-state index in [1.807, 2.05) is 58.0 Å². The molecule has 3 amide bonds. The topological polar surface area (TPSA) is 143 Å². The minimum absolute atomic E-state index is 0.00501. The molecule has 0 bridgehead atoms. The maximum Gasteiger partial charge on any atom is 0.408 e. The van der Waals surface area contributed by atoms with Crippen molar-refractivity contribution in [3.63, 3.8) is 0 Å². The Bertz CT molecular complexity index is 1220. The standard InChI is InChI=1S/C34H51N3O7Si/c1-23(2)20-27(35-31(39)28(21-24(3)4)36-34(42)44-22-25-14-10-8-11-15-25)32(40)37-29(30(38)26-16-12-9-13-17-26)33(41)43-18-19-45(5,6)7/h8-17,23-24,27-30,38H,18-22H2,1-7H3,(H,35,39)(H,36,42)(H,37,40)/t27-,28+,29-,30+/m0/s1. The van der Waals surface area contributed by atoms with Crippen molar-refractivity contribution in [3.05, 3.63) is 71.8 Å². The Balaban J connectivity index is 2.20. The number of carbonyl (C=O) groups is 4. The summed E-state index contributed by atoms with van der Waals surface area (Å²) >= 11 is 0. The van der Waals surface area contributed by atoms with Crippen LogP contribution in [0.15, 0.2) is 60.7 Å². The van der Waals surface area contributed by atoms with Crippen LogP contribution in [0.1, 0.15) is 57.8 Å². The monoisotopic (exact) mass is 641 g/mol. The Labute approximate surface area is 268 Å². The van der Waals surface area contributed by atoms with Crippen molar-refractivity contribution < 1.29 is 33.8 Å². The van der Waals surface area contributed by atoms with Crippen molar-refractivity contribution in [3.8, 4) is 0 Å². The number of hydrogen-bond donors (Lipinski definition) is 4. The second-order valence-corrected chi connectivity index (χ2v) is 19.0. The summed E-state index contributed by atoms with van der Waals surface area (Å²) in [5.74, 6) is -1.92. The summed E-state index contributed by atoms with van der Waals surface area (Å²) in [6.45, 7) is 14.3. The summed E-state index contributed by atoms with van der Waals surface area (Å²) in [6, 6.07) is 15.0. The van der Waals surface area contributed by atoms with Gasteiger partial charge in [-0.15, -0.1) is 0 Å². The molecule has 4 atom stereocenters. The highest BCUT2D eigenvalue weighted by Crippen LogP contribution is 2.19. The van der Waals surface area contributed by atoms with Gasteiger partial charge in [0.1, 0.15) is 24.8 Å². The number of amides is 3. The smallest absolute Gasteiger partial charge is 0.408 e. The minimum atomic E-state index is -1.51. The average Bonchev–Trinajstić information content (AvgIpc) is 2.97. The van der Waals surface area contributed by atoms with Gasteiger partial charge in [0.05, 0.1) is 6.61 Å². The summed E-state index contributed by atoms with van der Waals surface area (Å²) in [5, 5.41) is 19.2. The molecule has 0 radical (unpaired) electrons. The molecule has 0 saturated heterocycles. The molecule has 2 rings (SSSR count). The van der Waals surface area contributed by atoms with E-state index in [4.69, 9.17) is 9.47 Å². The van der Waals surface area contributed by atoms with Crippen LogP contribution in [0, 0.1) is 11.8 Å². The van der Waals surface area contributed by atoms with E-state index >= 15 is 0 Å². The van der Waals surface area contributed by atoms with Crippen LogP contribution in [0.3, 0.4) is 0 Å². The van der Waals surface area contributed by atoms with Gasteiger partial charge in [-0.1, -0.05) is 108 Å². The van der Waals surface area contributed by atoms with E-state index in [0.29, 0.717) is 12.0 Å². The largest absolute Gasteiger partial charge is 0.464 e. The molecule has 2 aromatic rings. The number of carbonyl (C=O) groups excluding carboxylic acids is 4. The lowest BCUT2D eigenvalue weighted by Crippen LogP contribution is -2.57. The van der Waals surface area contributed by atoms with E-state index in [-0.39, 0.29) is 31.5 Å². The van der Waals surface area contributed by atoms with Crippen molar-refractivity contribution in [2.24, 2.45) is 11.8 Å². The van der Waals surface area contributed by atoms with E-state index < -0.39 is 56.2 Å². The molecule has 11 heteroatoms. The molecular weight excluding hydrogens is 590 g/mol. The van der Waals surface area contributed by atoms with Gasteiger partial charge in [0.25, 0.3) is 0 Å². The van der Waals surface area contributed by atoms with Crippen LogP contribution in [-0.2, 0) is 30.5 Å². The molecule has 0 aliphatic carbocycles. The Morgan fingerprint density at radius 2 is 1.24 bits per heavy atom. The van der Waals surface area contributed by atoms with Crippen LogP contribution in [-0.4, -0.2) is 61.8 Å². The first-order chi connectivity index (χ1) is 21.2. The van der Waals surface area contributed by atoms with Gasteiger partial charge in [0, 0.05) is 8.07 Å². The van der Waals surface area contributed by atoms with Crippen molar-refractivity contribution in [1.82, 2.24) is 16.0 Å². The fourth-order valence-electron chi connectivity index (χ4n) is 4.50. The molecule has 0 aromatic heterocycles. The quantitative estimate of drug-likeness (QED) is 0.141. The highest BCUT2D eigenvalue weighted by molar-refractivity contribution is 6.76. The summed E-state index contributed by atoms with van der Waals surface area (Å²) in [4.78, 5) is 53.0. The highest BCUT2D eigenvalue weighted by atomic mass is 28.3. The van der Waals surface area contributed by atoms with Crippen LogP contribution < -0.4 is 16.0 Å². The fraction of sp³-hybridized carbons (Fsp3) is 0.529. The van der Waals surface area contributed by atoms with E-state index in [9.17, 15) is 24.3 Å². The lowest BCUT2D eigenvalue weighted by atomic mass is 9.98. The number of ether oxygens (including phenoxy) is 2. The number of aliphatic hydroxyl groups is 1. The third-order valence-corrected chi connectivity index (χ3v) is 8.68. The minimum Gasteiger partial charge on any atom is -0.464 e. The molecule has 10 nitrogen and oxygen atoms in total. The maximum atomic E-state index is 13.7. The first-order valence-electron chi connectivity index (χ1n) is 15.6. The maximum absolute atomic E-state index is 13.7. The van der Waals surface area contributed by atoms with Gasteiger partial charge in [-0.3, -0.25) is 9.59 Å². The van der Waals surface area contributed by atoms with Gasteiger partial charge in [0.2, 0.25) is 11.8 Å². The van der Waals surface area contributed by atoms with Gasteiger partial charge in [-0.05, 0) is 41.8 Å². The van der Waals surface area contributed by atoms with Crippen LogP contribution in [0.2, 0.25) is 25.7 Å². The Morgan fingerprint density at radius 1 is 0.733 bits per heavy atom. The molecule has 2 aromatic carbocycles. The number of rotatable bonds is 17. The summed E-state index contributed by atoms with van der Waals surface area (Å²) in [6.07, 6.45) is -1.57. The summed E-state index contributed by atoms with van der Waals surface area (Å²) in [5.41, 5.74) is 1.24. The summed E-state index contributed by atoms with van der Waals surface area (Å²) in [7, 11) is -1.51. The molecule has 4 N–H and O–H groups in total. The van der Waals surface area contributed by atoms with E-state index in [0.717, 1.165) is 11.6 Å². The van der Waals surface area contributed by atoms with E-state index in [1.165, 1.54) is 0 Å². The predicted octanol–water partition coefficient (Wildman–Crippen LogP) is 4.96. The van der Waals surface area contributed by atoms with Gasteiger partial charge < -0.3 is 30.5 Å². The first-order valence-corrected chi connectivity index (χ1v) is 19.3. The Morgan fingerprint density at radius 3 is 1.78 bits per heavy atom. The number of hydrogen-bond acceptors (Lipinski definition) is 7. The number of benzene rings is 2. The lowest BCUT2D eigenvalue weighted by Gasteiger charge is -2.28. The third-order valence-electron chi connectivity index (χ3n) is 6.97. The van der Waals surface area contributed by atoms with Crippen LogP contribution in [0.25, 0.3) is 0 Å². The van der Waals surface area contributed by atoms with Crippen LogP contribution in [0.4, 0.5) is 4.79 Å². The summed E-state index contributed by atoms with van der Waals surface area (Å²) < 4.78 is 10.8. The van der Waals surface area contributed by atoms with Crippen LogP contribution in [0.5, 0.6) is 0 Å². The molecule has 0 heterocycles. The van der Waals surface area contributed by atoms with Gasteiger partial charge in [-0.2, -0.15) is 0 Å². The number of esters is 1. The number of aliphatic hydroxyl groups excluding tert-OH is 1. The van der Waals surface area contributed by atoms with Gasteiger partial charge in [-0.25, -0.2) is 9.59 Å². The lowest BCUT2D eigenvalue weighted by molar-refractivity contribution is -0.151. The molecular formula is C34H51N3O7Si. The molecule has 0 fully saturated rings. The van der Waals surface area contributed by atoms with Gasteiger partial charge >= 0.3 is 12.1 Å². The Kier molecular flexibility index (Phi) is 15.3. The second kappa shape index (κ2) is 18.3. The third kappa shape index (κ3) is 14.3. The molecule has 0 spiro atoms. The second-order valence-electron chi connectivity index (χ2n) is 13.4. The molecule has 0 aliphatic rings. The van der Waals surface area contributed by atoms with Crippen molar-refractivity contribution in [2.45, 2.75) is 97.1 Å². The zero-order valence-corrected chi connectivity index (χ0v) is 28.7. The molecule has 0 unspecified atom stereocenters. The highest BCUT2D eigenvalue weighted by Gasteiger charge is 2.35. The van der Waals surface area contributed by atoms with Crippen molar-refractivity contribution >= 4 is 32.0 Å². The number of alkyl carbamates (subject to hydrolysis) is 1. The Hall–Kier alpha value is -3.70. The van der Waals surface area contributed by atoms with E-state index in [1.54, 1.807) is 30.3 Å². The molecule has 248 valence electrons. The molecule has 0 saturated carbocycles. The van der Waals surface area contributed by atoms with Gasteiger partial charge in [0.15, 0.2) is 6.04 Å². The zero-order valence-electron chi connectivity index (χ0n) is 27.7.